The number of aliphatic hydroxyl groups is 1. The normalized spacial score (nSPS) is 19.9. The number of piperidine rings is 1. The van der Waals surface area contributed by atoms with E-state index in [2.05, 4.69) is 12.2 Å². The quantitative estimate of drug-likeness (QED) is 0.678. The summed E-state index contributed by atoms with van der Waals surface area (Å²) in [5.74, 6) is 0. The first kappa shape index (κ1) is 15.2. The largest absolute Gasteiger partial charge is 0.391 e. The molecule has 1 heterocycles. The standard InChI is InChI=1S/C13H26N2O3/c1-2-3-9-18-10-5-7-14-13(17)15-8-4-6-12(16)11-15/h12,16H,2-11H2,1H3,(H,14,17). The molecule has 0 radical (unpaired) electrons. The SMILES string of the molecule is CCCCOCCCNC(=O)N1CCCC(O)C1. The molecule has 0 aliphatic carbocycles. The molecule has 0 aromatic heterocycles. The van der Waals surface area contributed by atoms with Crippen LogP contribution in [-0.4, -0.2) is 55.0 Å². The van der Waals surface area contributed by atoms with E-state index in [0.717, 1.165) is 45.3 Å². The molecule has 0 aromatic carbocycles. The Bertz CT molecular complexity index is 236. The van der Waals surface area contributed by atoms with Gasteiger partial charge in [0.05, 0.1) is 6.10 Å². The van der Waals surface area contributed by atoms with Crippen LogP contribution < -0.4 is 5.32 Å². The predicted octanol–water partition coefficient (Wildman–Crippen LogP) is 1.36. The first-order chi connectivity index (χ1) is 8.74. The van der Waals surface area contributed by atoms with Crippen molar-refractivity contribution in [2.45, 2.75) is 45.1 Å². The van der Waals surface area contributed by atoms with E-state index in [0.29, 0.717) is 19.7 Å². The van der Waals surface area contributed by atoms with Crippen molar-refractivity contribution in [3.05, 3.63) is 0 Å². The topological polar surface area (TPSA) is 61.8 Å². The molecule has 18 heavy (non-hydrogen) atoms. The fraction of sp³-hybridized carbons (Fsp3) is 0.923. The van der Waals surface area contributed by atoms with Gasteiger partial charge < -0.3 is 20.1 Å². The molecular weight excluding hydrogens is 232 g/mol. The number of hydrogen-bond acceptors (Lipinski definition) is 3. The Morgan fingerprint density at radius 3 is 2.94 bits per heavy atom. The van der Waals surface area contributed by atoms with Gasteiger partial charge in [0.1, 0.15) is 0 Å². The molecule has 5 nitrogen and oxygen atoms in total. The smallest absolute Gasteiger partial charge is 0.317 e. The third-order valence-electron chi connectivity index (χ3n) is 3.07. The molecular formula is C13H26N2O3. The molecule has 0 aromatic rings. The minimum Gasteiger partial charge on any atom is -0.391 e. The van der Waals surface area contributed by atoms with Gasteiger partial charge in [-0.1, -0.05) is 13.3 Å². The van der Waals surface area contributed by atoms with Crippen LogP contribution in [0.4, 0.5) is 4.79 Å². The van der Waals surface area contributed by atoms with Crippen LogP contribution in [0, 0.1) is 0 Å². The Labute approximate surface area is 109 Å². The number of likely N-dealkylation sites (tertiary alicyclic amines) is 1. The Hall–Kier alpha value is -0.810. The Morgan fingerprint density at radius 2 is 2.22 bits per heavy atom. The molecule has 5 heteroatoms. The Kier molecular flexibility index (Phi) is 7.76. The lowest BCUT2D eigenvalue weighted by Gasteiger charge is -2.30. The van der Waals surface area contributed by atoms with Gasteiger partial charge in [-0.25, -0.2) is 4.79 Å². The molecule has 0 spiro atoms. The maximum absolute atomic E-state index is 11.7. The van der Waals surface area contributed by atoms with Crippen molar-refractivity contribution in [2.75, 3.05) is 32.8 Å². The highest BCUT2D eigenvalue weighted by atomic mass is 16.5. The lowest BCUT2D eigenvalue weighted by molar-refractivity contribution is 0.0836. The van der Waals surface area contributed by atoms with Gasteiger partial charge in [-0.15, -0.1) is 0 Å². The van der Waals surface area contributed by atoms with E-state index >= 15 is 0 Å². The van der Waals surface area contributed by atoms with Crippen LogP contribution >= 0.6 is 0 Å². The van der Waals surface area contributed by atoms with Crippen molar-refractivity contribution in [2.24, 2.45) is 0 Å². The second-order valence-electron chi connectivity index (χ2n) is 4.79. The molecule has 1 unspecified atom stereocenters. The van der Waals surface area contributed by atoms with Crippen molar-refractivity contribution in [3.8, 4) is 0 Å². The number of amides is 2. The average molecular weight is 258 g/mol. The van der Waals surface area contributed by atoms with Crippen molar-refractivity contribution in [1.29, 1.82) is 0 Å². The summed E-state index contributed by atoms with van der Waals surface area (Å²) in [6, 6.07) is -0.0673. The molecule has 1 fully saturated rings. The van der Waals surface area contributed by atoms with E-state index < -0.39 is 0 Å². The molecule has 0 saturated carbocycles. The molecule has 1 atom stereocenters. The van der Waals surface area contributed by atoms with Crippen LogP contribution in [0.3, 0.4) is 0 Å². The number of aliphatic hydroxyl groups excluding tert-OH is 1. The Morgan fingerprint density at radius 1 is 1.44 bits per heavy atom. The third kappa shape index (κ3) is 6.21. The zero-order chi connectivity index (χ0) is 13.2. The van der Waals surface area contributed by atoms with Gasteiger partial charge in [-0.3, -0.25) is 0 Å². The van der Waals surface area contributed by atoms with Crippen molar-refractivity contribution < 1.29 is 14.6 Å². The second-order valence-corrected chi connectivity index (χ2v) is 4.79. The van der Waals surface area contributed by atoms with Crippen molar-refractivity contribution in [3.63, 3.8) is 0 Å². The van der Waals surface area contributed by atoms with E-state index in [1.165, 1.54) is 0 Å². The average Bonchev–Trinajstić information content (AvgIpc) is 2.37. The first-order valence-corrected chi connectivity index (χ1v) is 7.02. The molecule has 0 bridgehead atoms. The number of rotatable bonds is 7. The summed E-state index contributed by atoms with van der Waals surface area (Å²) in [6.07, 6.45) is 4.41. The van der Waals surface area contributed by atoms with Gasteiger partial charge in [0.25, 0.3) is 0 Å². The van der Waals surface area contributed by atoms with Gasteiger partial charge in [0.15, 0.2) is 0 Å². The zero-order valence-electron chi connectivity index (χ0n) is 11.4. The lowest BCUT2D eigenvalue weighted by atomic mass is 10.1. The summed E-state index contributed by atoms with van der Waals surface area (Å²) in [4.78, 5) is 13.4. The molecule has 2 amide bonds. The van der Waals surface area contributed by atoms with Crippen LogP contribution in [0.25, 0.3) is 0 Å². The van der Waals surface area contributed by atoms with E-state index in [9.17, 15) is 9.90 Å². The fourth-order valence-electron chi connectivity index (χ4n) is 1.97. The summed E-state index contributed by atoms with van der Waals surface area (Å²) >= 11 is 0. The van der Waals surface area contributed by atoms with Gasteiger partial charge >= 0.3 is 6.03 Å². The summed E-state index contributed by atoms with van der Waals surface area (Å²) in [5.41, 5.74) is 0. The third-order valence-corrected chi connectivity index (χ3v) is 3.07. The first-order valence-electron chi connectivity index (χ1n) is 7.02. The van der Waals surface area contributed by atoms with Crippen molar-refractivity contribution in [1.82, 2.24) is 10.2 Å². The second kappa shape index (κ2) is 9.16. The van der Waals surface area contributed by atoms with E-state index in [1.807, 2.05) is 0 Å². The number of hydrogen-bond donors (Lipinski definition) is 2. The monoisotopic (exact) mass is 258 g/mol. The van der Waals surface area contributed by atoms with E-state index in [-0.39, 0.29) is 12.1 Å². The molecule has 1 rings (SSSR count). The molecule has 1 saturated heterocycles. The minimum absolute atomic E-state index is 0.0673. The number of urea groups is 1. The highest BCUT2D eigenvalue weighted by molar-refractivity contribution is 5.74. The van der Waals surface area contributed by atoms with Crippen LogP contribution in [-0.2, 0) is 4.74 Å². The summed E-state index contributed by atoms with van der Waals surface area (Å²) < 4.78 is 5.41. The fourth-order valence-corrected chi connectivity index (χ4v) is 1.97. The highest BCUT2D eigenvalue weighted by Crippen LogP contribution is 2.09. The van der Waals surface area contributed by atoms with Gasteiger partial charge in [0.2, 0.25) is 0 Å². The van der Waals surface area contributed by atoms with Gasteiger partial charge in [0, 0.05) is 32.8 Å². The molecule has 1 aliphatic heterocycles. The summed E-state index contributed by atoms with van der Waals surface area (Å²) in [5, 5.41) is 12.3. The number of nitrogens with zero attached hydrogens (tertiary/aromatic N) is 1. The van der Waals surface area contributed by atoms with Gasteiger partial charge in [-0.05, 0) is 25.7 Å². The van der Waals surface area contributed by atoms with Gasteiger partial charge in [-0.2, -0.15) is 0 Å². The maximum Gasteiger partial charge on any atom is 0.317 e. The molecule has 106 valence electrons. The number of nitrogens with one attached hydrogen (secondary N) is 1. The minimum atomic E-state index is -0.359. The van der Waals surface area contributed by atoms with E-state index in [1.54, 1.807) is 4.90 Å². The number of ether oxygens (including phenoxy) is 1. The van der Waals surface area contributed by atoms with Crippen LogP contribution in [0.15, 0.2) is 0 Å². The maximum atomic E-state index is 11.7. The Balaban J connectivity index is 1.99. The summed E-state index contributed by atoms with van der Waals surface area (Å²) in [7, 11) is 0. The van der Waals surface area contributed by atoms with E-state index in [4.69, 9.17) is 4.74 Å². The summed E-state index contributed by atoms with van der Waals surface area (Å²) in [6.45, 7) is 5.48. The number of carbonyl (C=O) groups excluding carboxylic acids is 1. The zero-order valence-corrected chi connectivity index (χ0v) is 11.4. The van der Waals surface area contributed by atoms with Crippen LogP contribution in [0.1, 0.15) is 39.0 Å². The van der Waals surface area contributed by atoms with Crippen LogP contribution in [0.2, 0.25) is 0 Å². The molecule has 1 aliphatic rings. The number of carbonyl (C=O) groups is 1. The molecule has 2 N–H and O–H groups in total. The highest BCUT2D eigenvalue weighted by Gasteiger charge is 2.21. The number of unbranched alkanes of at least 4 members (excludes halogenated alkanes) is 1. The number of β-amino-alcohol motifs (C(OH)–C–C–N with tert-alkyl or cyclic N) is 1. The van der Waals surface area contributed by atoms with Crippen LogP contribution in [0.5, 0.6) is 0 Å². The lowest BCUT2D eigenvalue weighted by Crippen LogP contribution is -2.47. The van der Waals surface area contributed by atoms with Crippen molar-refractivity contribution >= 4 is 6.03 Å². The predicted molar refractivity (Wildman–Crippen MR) is 70.6 cm³/mol.